The molecule has 1 aliphatic rings. The molecule has 1 aromatic heterocycles. The van der Waals surface area contributed by atoms with Crippen molar-refractivity contribution in [2.45, 2.75) is 25.8 Å². The summed E-state index contributed by atoms with van der Waals surface area (Å²) in [5.74, 6) is 1.32. The van der Waals surface area contributed by atoms with Gasteiger partial charge in [-0.15, -0.1) is 0 Å². The minimum Gasteiger partial charge on any atom is -0.495 e. The molecule has 1 aliphatic heterocycles. The molecule has 0 unspecified atom stereocenters. The molecule has 0 saturated carbocycles. The lowest BCUT2D eigenvalue weighted by molar-refractivity contribution is -0.126. The largest absolute Gasteiger partial charge is 0.495 e. The summed E-state index contributed by atoms with van der Waals surface area (Å²) in [4.78, 5) is 26.8. The van der Waals surface area contributed by atoms with Gasteiger partial charge in [0.2, 0.25) is 11.8 Å². The van der Waals surface area contributed by atoms with Crippen molar-refractivity contribution < 1.29 is 18.7 Å². The van der Waals surface area contributed by atoms with Crippen LogP contribution in [-0.2, 0) is 16.1 Å². The number of amides is 2. The van der Waals surface area contributed by atoms with E-state index < -0.39 is 0 Å². The number of anilines is 1. The predicted molar refractivity (Wildman–Crippen MR) is 106 cm³/mol. The number of hydrogen-bond acceptors (Lipinski definition) is 5. The van der Waals surface area contributed by atoms with Gasteiger partial charge in [0.15, 0.2) is 0 Å². The van der Waals surface area contributed by atoms with Gasteiger partial charge in [0.25, 0.3) is 0 Å². The lowest BCUT2D eigenvalue weighted by Gasteiger charge is -2.31. The number of ether oxygens (including phenoxy) is 1. The number of carbonyl (C=O) groups is 2. The molecule has 0 aliphatic carbocycles. The molecule has 1 atom stereocenters. The van der Waals surface area contributed by atoms with Crippen LogP contribution in [0.2, 0.25) is 0 Å². The fourth-order valence-electron chi connectivity index (χ4n) is 3.44. The molecular weight excluding hydrogens is 358 g/mol. The second-order valence-electron chi connectivity index (χ2n) is 6.94. The summed E-state index contributed by atoms with van der Waals surface area (Å²) in [7, 11) is 1.56. The number of rotatable bonds is 8. The first kappa shape index (κ1) is 19.9. The lowest BCUT2D eigenvalue weighted by atomic mass is 9.97. The van der Waals surface area contributed by atoms with Crippen molar-refractivity contribution >= 4 is 17.5 Å². The monoisotopic (exact) mass is 385 g/mol. The quantitative estimate of drug-likeness (QED) is 0.730. The Kier molecular flexibility index (Phi) is 7.08. The van der Waals surface area contributed by atoms with E-state index in [1.807, 2.05) is 24.3 Å². The smallest absolute Gasteiger partial charge is 0.226 e. The first-order chi connectivity index (χ1) is 13.7. The van der Waals surface area contributed by atoms with Crippen LogP contribution in [0.25, 0.3) is 0 Å². The predicted octanol–water partition coefficient (Wildman–Crippen LogP) is 2.65. The molecule has 0 spiro atoms. The summed E-state index contributed by atoms with van der Waals surface area (Å²) in [6, 6.07) is 11.1. The third-order valence-electron chi connectivity index (χ3n) is 4.87. The van der Waals surface area contributed by atoms with Crippen molar-refractivity contribution in [3.63, 3.8) is 0 Å². The molecular formula is C21H27N3O4. The van der Waals surface area contributed by atoms with Gasteiger partial charge in [0.05, 0.1) is 31.5 Å². The Labute approximate surface area is 165 Å². The zero-order chi connectivity index (χ0) is 19.8. The van der Waals surface area contributed by atoms with Crippen molar-refractivity contribution in [1.82, 2.24) is 10.2 Å². The van der Waals surface area contributed by atoms with Crippen LogP contribution in [0.5, 0.6) is 5.75 Å². The van der Waals surface area contributed by atoms with Crippen LogP contribution in [0.4, 0.5) is 5.69 Å². The van der Waals surface area contributed by atoms with Gasteiger partial charge in [0, 0.05) is 19.5 Å². The maximum Gasteiger partial charge on any atom is 0.226 e. The highest BCUT2D eigenvalue weighted by atomic mass is 16.5. The van der Waals surface area contributed by atoms with Crippen LogP contribution in [0.15, 0.2) is 47.1 Å². The summed E-state index contributed by atoms with van der Waals surface area (Å²) < 4.78 is 10.6. The maximum atomic E-state index is 12.5. The van der Waals surface area contributed by atoms with Crippen molar-refractivity contribution in [1.29, 1.82) is 0 Å². The minimum atomic E-state index is -0.159. The molecule has 2 aromatic rings. The number of benzene rings is 1. The molecule has 0 radical (unpaired) electrons. The number of para-hydroxylation sites is 2. The molecule has 1 saturated heterocycles. The van der Waals surface area contributed by atoms with Crippen molar-refractivity contribution in [3.8, 4) is 5.75 Å². The van der Waals surface area contributed by atoms with E-state index in [2.05, 4.69) is 15.5 Å². The highest BCUT2D eigenvalue weighted by Crippen LogP contribution is 2.23. The van der Waals surface area contributed by atoms with Gasteiger partial charge >= 0.3 is 0 Å². The molecule has 1 fully saturated rings. The second kappa shape index (κ2) is 9.94. The number of nitrogens with one attached hydrogen (secondary N) is 2. The minimum absolute atomic E-state index is 0.00855. The molecule has 2 N–H and O–H groups in total. The Bertz CT molecular complexity index is 776. The van der Waals surface area contributed by atoms with Crippen LogP contribution in [-0.4, -0.2) is 43.5 Å². The van der Waals surface area contributed by atoms with Gasteiger partial charge in [-0.3, -0.25) is 14.5 Å². The number of furan rings is 1. The zero-order valence-corrected chi connectivity index (χ0v) is 16.1. The summed E-state index contributed by atoms with van der Waals surface area (Å²) in [6.07, 6.45) is 3.73. The molecule has 1 aromatic carbocycles. The van der Waals surface area contributed by atoms with Crippen LogP contribution in [0.1, 0.15) is 25.0 Å². The van der Waals surface area contributed by atoms with Gasteiger partial charge in [-0.1, -0.05) is 12.1 Å². The van der Waals surface area contributed by atoms with Gasteiger partial charge in [-0.25, -0.2) is 0 Å². The third kappa shape index (κ3) is 5.60. The van der Waals surface area contributed by atoms with Gasteiger partial charge in [-0.05, 0) is 43.7 Å². The van der Waals surface area contributed by atoms with E-state index in [0.29, 0.717) is 24.5 Å². The average molecular weight is 385 g/mol. The Balaban J connectivity index is 1.40. The summed E-state index contributed by atoms with van der Waals surface area (Å²) in [5, 5.41) is 5.71. The second-order valence-corrected chi connectivity index (χ2v) is 6.94. The highest BCUT2D eigenvalue weighted by Gasteiger charge is 2.26. The molecule has 7 nitrogen and oxygen atoms in total. The van der Waals surface area contributed by atoms with E-state index in [0.717, 1.165) is 31.7 Å². The number of piperidine rings is 1. The SMILES string of the molecule is COc1ccccc1NC(=O)CCNC(=O)[C@H]1CCCN(Cc2ccco2)C1. The zero-order valence-electron chi connectivity index (χ0n) is 16.1. The number of carbonyl (C=O) groups excluding carboxylic acids is 2. The van der Waals surface area contributed by atoms with E-state index in [4.69, 9.17) is 9.15 Å². The van der Waals surface area contributed by atoms with Gasteiger partial charge in [-0.2, -0.15) is 0 Å². The first-order valence-corrected chi connectivity index (χ1v) is 9.61. The average Bonchev–Trinajstić information content (AvgIpc) is 3.21. The van der Waals surface area contributed by atoms with Crippen LogP contribution in [0.3, 0.4) is 0 Å². The molecule has 28 heavy (non-hydrogen) atoms. The van der Waals surface area contributed by atoms with Gasteiger partial charge < -0.3 is 19.8 Å². The third-order valence-corrected chi connectivity index (χ3v) is 4.87. The highest BCUT2D eigenvalue weighted by molar-refractivity contribution is 5.92. The van der Waals surface area contributed by atoms with Gasteiger partial charge in [0.1, 0.15) is 11.5 Å². The topological polar surface area (TPSA) is 83.8 Å². The summed E-state index contributed by atoms with van der Waals surface area (Å²) >= 11 is 0. The van der Waals surface area contributed by atoms with E-state index in [1.54, 1.807) is 25.5 Å². The van der Waals surface area contributed by atoms with E-state index in [9.17, 15) is 9.59 Å². The van der Waals surface area contributed by atoms with Crippen LogP contribution < -0.4 is 15.4 Å². The number of hydrogen-bond donors (Lipinski definition) is 2. The Morgan fingerprint density at radius 1 is 1.25 bits per heavy atom. The number of nitrogens with zero attached hydrogens (tertiary/aromatic N) is 1. The maximum absolute atomic E-state index is 12.5. The fourth-order valence-corrected chi connectivity index (χ4v) is 3.44. The first-order valence-electron chi connectivity index (χ1n) is 9.61. The van der Waals surface area contributed by atoms with Crippen molar-refractivity contribution in [2.75, 3.05) is 32.1 Å². The summed E-state index contributed by atoms with van der Waals surface area (Å²) in [6.45, 7) is 2.71. The molecule has 3 rings (SSSR count). The Hall–Kier alpha value is -2.80. The molecule has 2 heterocycles. The van der Waals surface area contributed by atoms with Crippen LogP contribution >= 0.6 is 0 Å². The van der Waals surface area contributed by atoms with Crippen LogP contribution in [0, 0.1) is 5.92 Å². The molecule has 2 amide bonds. The molecule has 150 valence electrons. The van der Waals surface area contributed by atoms with Crippen molar-refractivity contribution in [2.24, 2.45) is 5.92 Å². The standard InChI is InChI=1S/C21H27N3O4/c1-27-19-9-3-2-8-18(19)23-20(25)10-11-22-21(26)16-6-4-12-24(14-16)15-17-7-5-13-28-17/h2-3,5,7-9,13,16H,4,6,10-12,14-15H2,1H3,(H,22,26)(H,23,25)/t16-/m0/s1. The summed E-state index contributed by atoms with van der Waals surface area (Å²) in [5.41, 5.74) is 0.627. The number of methoxy groups -OCH3 is 1. The van der Waals surface area contributed by atoms with Crippen molar-refractivity contribution in [3.05, 3.63) is 48.4 Å². The van der Waals surface area contributed by atoms with E-state index in [1.165, 1.54) is 0 Å². The van der Waals surface area contributed by atoms with E-state index >= 15 is 0 Å². The Morgan fingerprint density at radius 3 is 2.89 bits per heavy atom. The molecule has 0 bridgehead atoms. The normalized spacial score (nSPS) is 17.1. The lowest BCUT2D eigenvalue weighted by Crippen LogP contribution is -2.43. The fraction of sp³-hybridized carbons (Fsp3) is 0.429. The molecule has 7 heteroatoms. The Morgan fingerprint density at radius 2 is 2.11 bits per heavy atom. The van der Waals surface area contributed by atoms with E-state index in [-0.39, 0.29) is 24.2 Å². The number of likely N-dealkylation sites (tertiary alicyclic amines) is 1.